The van der Waals surface area contributed by atoms with Crippen molar-refractivity contribution in [1.29, 1.82) is 5.26 Å². The second-order valence-corrected chi connectivity index (χ2v) is 11.2. The van der Waals surface area contributed by atoms with Crippen molar-refractivity contribution in [2.75, 3.05) is 51.2 Å². The van der Waals surface area contributed by atoms with Crippen LogP contribution in [0.2, 0.25) is 0 Å². The Kier molecular flexibility index (Phi) is 8.78. The molecule has 46 heavy (non-hydrogen) atoms. The van der Waals surface area contributed by atoms with E-state index in [0.29, 0.717) is 68.4 Å². The highest BCUT2D eigenvalue weighted by molar-refractivity contribution is 5.96. The maximum atomic E-state index is 15.0. The van der Waals surface area contributed by atoms with Crippen LogP contribution in [0.1, 0.15) is 22.3 Å². The number of nitrogens with zero attached hydrogens (tertiary/aromatic N) is 6. The number of β-amino-alcohol motifs (C(OH)–C–C–N with tert-alkyl or cyclic N) is 1. The molecule has 4 aromatic rings. The maximum absolute atomic E-state index is 15.0. The Hall–Kier alpha value is -5.13. The lowest BCUT2D eigenvalue weighted by Crippen LogP contribution is -2.55. The van der Waals surface area contributed by atoms with E-state index in [1.165, 1.54) is 24.5 Å². The van der Waals surface area contributed by atoms with E-state index in [1.807, 2.05) is 13.0 Å². The van der Waals surface area contributed by atoms with Gasteiger partial charge < -0.3 is 30.3 Å². The molecule has 2 aliphatic rings. The molecule has 238 valence electrons. The molecule has 2 aliphatic heterocycles. The maximum Gasteiger partial charge on any atom is 0.254 e. The van der Waals surface area contributed by atoms with Crippen molar-refractivity contribution in [3.05, 3.63) is 71.7 Å². The molecule has 2 saturated heterocycles. The molecule has 3 N–H and O–H groups in total. The molecule has 2 aromatic heterocycles. The van der Waals surface area contributed by atoms with E-state index in [4.69, 9.17) is 10.00 Å². The molecule has 2 fully saturated rings. The Morgan fingerprint density at radius 2 is 1.91 bits per heavy atom. The number of benzene rings is 2. The zero-order valence-electron chi connectivity index (χ0n) is 25.0. The van der Waals surface area contributed by atoms with Crippen molar-refractivity contribution < 1.29 is 28.2 Å². The first-order chi connectivity index (χ1) is 22.3. The predicted molar refractivity (Wildman–Crippen MR) is 163 cm³/mol. The standard InChI is InChI=1S/C32H32F2N8O4/c1-19-16-20(2-3-21(19)31(44)40-11-13-41(14-12-40)32(45)23-6-8-36-18-25(23)43)39-29-30-38-17-24(42(30)10-9-37-29)22-4-5-26(46-15-7-35)28(34)27(22)33/h2-5,9-10,16-17,23,25,36,43H,6,8,11-15,18H2,1H3,(H,37,39)/t23?,25-/m0/s1. The van der Waals surface area contributed by atoms with E-state index in [1.54, 1.807) is 38.6 Å². The molecule has 0 radical (unpaired) electrons. The van der Waals surface area contributed by atoms with Crippen LogP contribution in [0.15, 0.2) is 48.9 Å². The fraction of sp³-hybridized carbons (Fsp3) is 0.344. The summed E-state index contributed by atoms with van der Waals surface area (Å²) in [4.78, 5) is 38.6. The van der Waals surface area contributed by atoms with Crippen molar-refractivity contribution in [1.82, 2.24) is 29.5 Å². The number of nitrogens with one attached hydrogen (secondary N) is 2. The van der Waals surface area contributed by atoms with Crippen LogP contribution < -0.4 is 15.4 Å². The average molecular weight is 631 g/mol. The molecule has 1 unspecified atom stereocenters. The minimum Gasteiger partial charge on any atom is -0.476 e. The number of anilines is 2. The van der Waals surface area contributed by atoms with Crippen molar-refractivity contribution >= 4 is 29.0 Å². The lowest BCUT2D eigenvalue weighted by molar-refractivity contribution is -0.141. The summed E-state index contributed by atoms with van der Waals surface area (Å²) in [7, 11) is 0. The predicted octanol–water partition coefficient (Wildman–Crippen LogP) is 2.88. The minimum atomic E-state index is -1.20. The van der Waals surface area contributed by atoms with Crippen LogP contribution in [0.4, 0.5) is 20.3 Å². The minimum absolute atomic E-state index is 0.0424. The molecule has 2 atom stereocenters. The SMILES string of the molecule is Cc1cc(Nc2nccn3c(-c4ccc(OCC#N)c(F)c4F)cnc23)ccc1C(=O)N1CCN(C(=O)C2CCNC[C@@H]2O)CC1. The Bertz CT molecular complexity index is 1830. The van der Waals surface area contributed by atoms with E-state index in [-0.39, 0.29) is 28.8 Å². The van der Waals surface area contributed by atoms with Gasteiger partial charge >= 0.3 is 0 Å². The number of amides is 2. The zero-order chi connectivity index (χ0) is 32.4. The number of piperidine rings is 1. The number of piperazine rings is 1. The fourth-order valence-electron chi connectivity index (χ4n) is 5.94. The molecule has 0 aliphatic carbocycles. The molecule has 0 bridgehead atoms. The molecule has 6 rings (SSSR count). The topological polar surface area (TPSA) is 148 Å². The lowest BCUT2D eigenvalue weighted by atomic mass is 9.93. The van der Waals surface area contributed by atoms with E-state index < -0.39 is 30.3 Å². The Morgan fingerprint density at radius 3 is 2.65 bits per heavy atom. The summed E-state index contributed by atoms with van der Waals surface area (Å²) in [6.07, 6.45) is 4.38. The summed E-state index contributed by atoms with van der Waals surface area (Å²) >= 11 is 0. The summed E-state index contributed by atoms with van der Waals surface area (Å²) in [6, 6.07) is 9.64. The number of imidazole rings is 1. The number of hydrogen-bond acceptors (Lipinski definition) is 9. The second kappa shape index (κ2) is 13.1. The van der Waals surface area contributed by atoms with E-state index in [0.717, 1.165) is 5.56 Å². The average Bonchev–Trinajstić information content (AvgIpc) is 3.50. The first kappa shape index (κ1) is 30.9. The van der Waals surface area contributed by atoms with Crippen molar-refractivity contribution in [3.63, 3.8) is 0 Å². The van der Waals surface area contributed by atoms with E-state index >= 15 is 0 Å². The molecule has 2 amide bonds. The van der Waals surface area contributed by atoms with Gasteiger partial charge in [-0.25, -0.2) is 14.4 Å². The Labute approximate surface area is 263 Å². The van der Waals surface area contributed by atoms with Gasteiger partial charge in [0.25, 0.3) is 5.91 Å². The van der Waals surface area contributed by atoms with Gasteiger partial charge in [-0.15, -0.1) is 0 Å². The van der Waals surface area contributed by atoms with Gasteiger partial charge in [-0.1, -0.05) is 0 Å². The Morgan fingerprint density at radius 1 is 1.13 bits per heavy atom. The first-order valence-corrected chi connectivity index (χ1v) is 14.9. The molecule has 14 heteroatoms. The summed E-state index contributed by atoms with van der Waals surface area (Å²) in [5, 5.41) is 25.2. The highest BCUT2D eigenvalue weighted by atomic mass is 19.2. The summed E-state index contributed by atoms with van der Waals surface area (Å²) < 4.78 is 36.1. The van der Waals surface area contributed by atoms with Gasteiger partial charge in [-0.05, 0) is 55.8 Å². The molecule has 2 aromatic carbocycles. The third-order valence-corrected chi connectivity index (χ3v) is 8.41. The van der Waals surface area contributed by atoms with Gasteiger partial charge in [0.15, 0.2) is 29.6 Å². The summed E-state index contributed by atoms with van der Waals surface area (Å²) in [5.74, 6) is -2.93. The van der Waals surface area contributed by atoms with Gasteiger partial charge in [0, 0.05) is 61.9 Å². The van der Waals surface area contributed by atoms with Crippen LogP contribution in [0.3, 0.4) is 0 Å². The number of carbonyl (C=O) groups is 2. The second-order valence-electron chi connectivity index (χ2n) is 11.2. The lowest BCUT2D eigenvalue weighted by Gasteiger charge is -2.38. The number of aryl methyl sites for hydroxylation is 1. The number of hydrogen-bond donors (Lipinski definition) is 3. The van der Waals surface area contributed by atoms with Crippen LogP contribution in [0.25, 0.3) is 16.9 Å². The van der Waals surface area contributed by atoms with Crippen LogP contribution in [0.5, 0.6) is 5.75 Å². The van der Waals surface area contributed by atoms with Gasteiger partial charge in [0.1, 0.15) is 6.07 Å². The number of aliphatic hydroxyl groups excluding tert-OH is 1. The van der Waals surface area contributed by atoms with Crippen LogP contribution in [0, 0.1) is 35.8 Å². The largest absolute Gasteiger partial charge is 0.476 e. The van der Waals surface area contributed by atoms with Gasteiger partial charge in [0.05, 0.1) is 23.9 Å². The molecule has 4 heterocycles. The number of carbonyl (C=O) groups excluding carboxylic acids is 2. The number of ether oxygens (including phenoxy) is 1. The van der Waals surface area contributed by atoms with Crippen molar-refractivity contribution in [2.24, 2.45) is 5.92 Å². The van der Waals surface area contributed by atoms with Crippen molar-refractivity contribution in [3.8, 4) is 23.1 Å². The monoisotopic (exact) mass is 630 g/mol. The molecule has 12 nitrogen and oxygen atoms in total. The van der Waals surface area contributed by atoms with Crippen molar-refractivity contribution in [2.45, 2.75) is 19.4 Å². The summed E-state index contributed by atoms with van der Waals surface area (Å²) in [5.41, 5.74) is 2.52. The summed E-state index contributed by atoms with van der Waals surface area (Å²) in [6.45, 7) is 4.16. The normalized spacial score (nSPS) is 18.3. The van der Waals surface area contributed by atoms with Crippen LogP contribution >= 0.6 is 0 Å². The first-order valence-electron chi connectivity index (χ1n) is 14.9. The molecule has 0 saturated carbocycles. The quantitative estimate of drug-likeness (QED) is 0.280. The number of nitriles is 1. The number of fused-ring (bicyclic) bond motifs is 1. The third-order valence-electron chi connectivity index (χ3n) is 8.41. The van der Waals surface area contributed by atoms with Crippen LogP contribution in [-0.4, -0.2) is 93.1 Å². The zero-order valence-corrected chi connectivity index (χ0v) is 25.0. The number of aromatic nitrogens is 3. The van der Waals surface area contributed by atoms with Crippen LogP contribution in [-0.2, 0) is 4.79 Å². The highest BCUT2D eigenvalue weighted by Gasteiger charge is 2.34. The smallest absolute Gasteiger partial charge is 0.254 e. The number of rotatable bonds is 7. The third kappa shape index (κ3) is 5.94. The number of halogens is 2. The molecular formula is C32H32F2N8O4. The number of aliphatic hydroxyl groups is 1. The van der Waals surface area contributed by atoms with E-state index in [9.17, 15) is 23.5 Å². The highest BCUT2D eigenvalue weighted by Crippen LogP contribution is 2.32. The molecular weight excluding hydrogens is 598 g/mol. The van der Waals surface area contributed by atoms with Gasteiger partial charge in [0.2, 0.25) is 11.7 Å². The van der Waals surface area contributed by atoms with Gasteiger partial charge in [-0.2, -0.15) is 9.65 Å². The fourth-order valence-corrected chi connectivity index (χ4v) is 5.94. The van der Waals surface area contributed by atoms with E-state index in [2.05, 4.69) is 20.6 Å². The Balaban J connectivity index is 1.14. The van der Waals surface area contributed by atoms with Gasteiger partial charge in [-0.3, -0.25) is 14.0 Å². The molecule has 0 spiro atoms.